The Morgan fingerprint density at radius 3 is 2.69 bits per heavy atom. The van der Waals surface area contributed by atoms with E-state index < -0.39 is 6.61 Å². The Bertz CT molecular complexity index is 542. The van der Waals surface area contributed by atoms with Gasteiger partial charge in [0.15, 0.2) is 5.96 Å². The van der Waals surface area contributed by atoms with E-state index in [2.05, 4.69) is 20.4 Å². The van der Waals surface area contributed by atoms with E-state index in [4.69, 9.17) is 9.47 Å². The van der Waals surface area contributed by atoms with Crippen molar-refractivity contribution in [3.05, 3.63) is 29.3 Å². The van der Waals surface area contributed by atoms with Crippen molar-refractivity contribution in [1.29, 1.82) is 0 Å². The average Bonchev–Trinajstić information content (AvgIpc) is 2.60. The van der Waals surface area contributed by atoms with E-state index >= 15 is 0 Å². The molecule has 26 heavy (non-hydrogen) atoms. The molecule has 0 saturated heterocycles. The molecule has 0 bridgehead atoms. The van der Waals surface area contributed by atoms with Gasteiger partial charge in [0.2, 0.25) is 0 Å². The summed E-state index contributed by atoms with van der Waals surface area (Å²) in [5.41, 5.74) is 1.58. The predicted octanol–water partition coefficient (Wildman–Crippen LogP) is 2.70. The second kappa shape index (κ2) is 13.3. The molecule has 1 aromatic rings. The lowest BCUT2D eigenvalue weighted by Crippen LogP contribution is -2.38. The van der Waals surface area contributed by atoms with Crippen LogP contribution in [0.3, 0.4) is 0 Å². The lowest BCUT2D eigenvalue weighted by Gasteiger charge is -2.13. The molecular weight excluding hydrogens is 344 g/mol. The summed E-state index contributed by atoms with van der Waals surface area (Å²) < 4.78 is 39.9. The number of nitrogens with zero attached hydrogens (tertiary/aromatic N) is 1. The Morgan fingerprint density at radius 2 is 2.00 bits per heavy atom. The zero-order valence-electron chi connectivity index (χ0n) is 15.7. The molecule has 8 heteroatoms. The number of hydrogen-bond donors (Lipinski definition) is 2. The van der Waals surface area contributed by atoms with Crippen molar-refractivity contribution < 1.29 is 23.0 Å². The van der Waals surface area contributed by atoms with Gasteiger partial charge >= 0.3 is 6.61 Å². The molecular formula is C18H29F2N3O3. The van der Waals surface area contributed by atoms with Crippen LogP contribution in [0.15, 0.2) is 23.2 Å². The summed E-state index contributed by atoms with van der Waals surface area (Å²) in [5, 5.41) is 6.32. The van der Waals surface area contributed by atoms with Gasteiger partial charge in [0.25, 0.3) is 0 Å². The molecule has 6 nitrogen and oxygen atoms in total. The van der Waals surface area contributed by atoms with Crippen LogP contribution in [0.4, 0.5) is 8.78 Å². The molecule has 0 heterocycles. The van der Waals surface area contributed by atoms with Crippen LogP contribution in [0.2, 0.25) is 0 Å². The lowest BCUT2D eigenvalue weighted by atomic mass is 10.1. The first-order valence-corrected chi connectivity index (χ1v) is 8.70. The molecule has 0 aliphatic carbocycles. The number of aryl methyl sites for hydroxylation is 1. The molecule has 148 valence electrons. The van der Waals surface area contributed by atoms with E-state index in [1.165, 1.54) is 0 Å². The maximum Gasteiger partial charge on any atom is 0.387 e. The Morgan fingerprint density at radius 1 is 1.19 bits per heavy atom. The molecule has 0 aliphatic heterocycles. The van der Waals surface area contributed by atoms with Crippen molar-refractivity contribution in [3.8, 4) is 5.75 Å². The van der Waals surface area contributed by atoms with Crippen LogP contribution in [0.1, 0.15) is 24.5 Å². The molecule has 0 radical (unpaired) electrons. The Kier molecular flexibility index (Phi) is 11.3. The van der Waals surface area contributed by atoms with Gasteiger partial charge in [-0.05, 0) is 26.3 Å². The van der Waals surface area contributed by atoms with Gasteiger partial charge < -0.3 is 24.8 Å². The van der Waals surface area contributed by atoms with Gasteiger partial charge in [-0.2, -0.15) is 8.78 Å². The maximum absolute atomic E-state index is 12.5. The van der Waals surface area contributed by atoms with Crippen LogP contribution < -0.4 is 15.4 Å². The third kappa shape index (κ3) is 9.53. The number of ether oxygens (including phenoxy) is 3. The summed E-state index contributed by atoms with van der Waals surface area (Å²) in [7, 11) is 1.63. The normalized spacial score (nSPS) is 11.7. The van der Waals surface area contributed by atoms with E-state index in [1.54, 1.807) is 25.3 Å². The highest BCUT2D eigenvalue weighted by Gasteiger charge is 2.10. The smallest absolute Gasteiger partial charge is 0.387 e. The van der Waals surface area contributed by atoms with Gasteiger partial charge in [-0.1, -0.05) is 17.7 Å². The van der Waals surface area contributed by atoms with E-state index in [-0.39, 0.29) is 12.3 Å². The van der Waals surface area contributed by atoms with E-state index in [0.29, 0.717) is 44.4 Å². The fourth-order valence-corrected chi connectivity index (χ4v) is 2.17. The second-order valence-electron chi connectivity index (χ2n) is 5.57. The van der Waals surface area contributed by atoms with Crippen molar-refractivity contribution >= 4 is 5.96 Å². The van der Waals surface area contributed by atoms with Gasteiger partial charge in [-0.25, -0.2) is 4.99 Å². The van der Waals surface area contributed by atoms with Gasteiger partial charge in [0.1, 0.15) is 5.75 Å². The molecule has 0 saturated carbocycles. The van der Waals surface area contributed by atoms with Crippen LogP contribution in [0.5, 0.6) is 5.75 Å². The average molecular weight is 373 g/mol. The zero-order chi connectivity index (χ0) is 19.2. The topological polar surface area (TPSA) is 64.1 Å². The first kappa shape index (κ1) is 22.1. The third-order valence-electron chi connectivity index (χ3n) is 3.37. The number of halogens is 2. The summed E-state index contributed by atoms with van der Waals surface area (Å²) >= 11 is 0. The number of aliphatic imine (C=N–C) groups is 1. The lowest BCUT2D eigenvalue weighted by molar-refractivity contribution is -0.0504. The van der Waals surface area contributed by atoms with Gasteiger partial charge in [-0.3, -0.25) is 0 Å². The van der Waals surface area contributed by atoms with Crippen LogP contribution in [-0.2, 0) is 16.0 Å². The fraction of sp³-hybridized carbons (Fsp3) is 0.611. The standard InChI is InChI=1S/C18H29F2N3O3/c1-4-21-18(22-8-5-9-25-11-10-24-3)23-13-15-12-14(2)6-7-16(15)26-17(19)20/h6-7,12,17H,4-5,8-11,13H2,1-3H3,(H2,21,22,23). The minimum atomic E-state index is -2.86. The van der Waals surface area contributed by atoms with Crippen molar-refractivity contribution in [2.24, 2.45) is 4.99 Å². The van der Waals surface area contributed by atoms with Crippen molar-refractivity contribution in [1.82, 2.24) is 10.6 Å². The van der Waals surface area contributed by atoms with Crippen molar-refractivity contribution in [2.75, 3.05) is 40.0 Å². The molecule has 0 atom stereocenters. The largest absolute Gasteiger partial charge is 0.434 e. The number of methoxy groups -OCH3 is 1. The molecule has 0 spiro atoms. The summed E-state index contributed by atoms with van der Waals surface area (Å²) in [5.74, 6) is 0.769. The summed E-state index contributed by atoms with van der Waals surface area (Å²) in [6.45, 7) is 4.41. The van der Waals surface area contributed by atoms with Crippen LogP contribution in [-0.4, -0.2) is 52.6 Å². The zero-order valence-corrected chi connectivity index (χ0v) is 15.7. The predicted molar refractivity (Wildman–Crippen MR) is 97.9 cm³/mol. The molecule has 0 unspecified atom stereocenters. The number of benzene rings is 1. The molecule has 1 rings (SSSR count). The number of rotatable bonds is 12. The number of hydrogen-bond acceptors (Lipinski definition) is 4. The van der Waals surface area contributed by atoms with Crippen molar-refractivity contribution in [3.63, 3.8) is 0 Å². The van der Waals surface area contributed by atoms with Gasteiger partial charge in [0.05, 0.1) is 19.8 Å². The minimum Gasteiger partial charge on any atom is -0.434 e. The molecule has 0 fully saturated rings. The maximum atomic E-state index is 12.5. The summed E-state index contributed by atoms with van der Waals surface area (Å²) in [6, 6.07) is 5.08. The molecule has 0 aliphatic rings. The van der Waals surface area contributed by atoms with E-state index in [0.717, 1.165) is 12.0 Å². The molecule has 2 N–H and O–H groups in total. The first-order valence-electron chi connectivity index (χ1n) is 8.70. The third-order valence-corrected chi connectivity index (χ3v) is 3.37. The fourth-order valence-electron chi connectivity index (χ4n) is 2.17. The van der Waals surface area contributed by atoms with Crippen LogP contribution in [0.25, 0.3) is 0 Å². The monoisotopic (exact) mass is 373 g/mol. The highest BCUT2D eigenvalue weighted by Crippen LogP contribution is 2.22. The summed E-state index contributed by atoms with van der Waals surface area (Å²) in [4.78, 5) is 4.45. The van der Waals surface area contributed by atoms with Gasteiger partial charge in [-0.15, -0.1) is 0 Å². The molecule has 0 amide bonds. The number of alkyl halides is 2. The molecule has 0 aromatic heterocycles. The van der Waals surface area contributed by atoms with E-state index in [1.807, 2.05) is 13.8 Å². The Labute approximate surface area is 153 Å². The quantitative estimate of drug-likeness (QED) is 0.335. The number of guanidine groups is 1. The number of nitrogens with one attached hydrogen (secondary N) is 2. The first-order chi connectivity index (χ1) is 12.6. The highest BCUT2D eigenvalue weighted by molar-refractivity contribution is 5.79. The summed E-state index contributed by atoms with van der Waals surface area (Å²) in [6.07, 6.45) is 0.818. The van der Waals surface area contributed by atoms with E-state index in [9.17, 15) is 8.78 Å². The Hall–Kier alpha value is -1.93. The van der Waals surface area contributed by atoms with Crippen molar-refractivity contribution in [2.45, 2.75) is 33.4 Å². The van der Waals surface area contributed by atoms with Crippen LogP contribution in [0, 0.1) is 6.92 Å². The van der Waals surface area contributed by atoms with Crippen LogP contribution >= 0.6 is 0 Å². The Balaban J connectivity index is 2.56. The highest BCUT2D eigenvalue weighted by atomic mass is 19.3. The molecule has 1 aromatic carbocycles. The van der Waals surface area contributed by atoms with Gasteiger partial charge in [0, 0.05) is 32.4 Å². The minimum absolute atomic E-state index is 0.150. The SMILES string of the molecule is CCNC(=NCc1cc(C)ccc1OC(F)F)NCCCOCCOC. The second-order valence-corrected chi connectivity index (χ2v) is 5.57.